The number of amides is 1. The van der Waals surface area contributed by atoms with Gasteiger partial charge in [-0.25, -0.2) is 26.4 Å². The van der Waals surface area contributed by atoms with E-state index in [1.165, 1.54) is 38.1 Å². The molecule has 1 fully saturated rings. The smallest absolute Gasteiger partial charge is 0.346 e. The number of pyridine rings is 1. The first-order valence-electron chi connectivity index (χ1n) is 18.7. The second-order valence-electron chi connectivity index (χ2n) is 16.1. The lowest BCUT2D eigenvalue weighted by Gasteiger charge is -2.23. The Morgan fingerprint density at radius 1 is 0.984 bits per heavy atom. The molecule has 0 saturated heterocycles. The number of anilines is 1. The van der Waals surface area contributed by atoms with Gasteiger partial charge in [-0.2, -0.15) is 45.3 Å². The van der Waals surface area contributed by atoms with E-state index in [9.17, 15) is 52.5 Å². The third-order valence-corrected chi connectivity index (χ3v) is 13.5. The molecule has 1 saturated carbocycles. The van der Waals surface area contributed by atoms with Crippen molar-refractivity contribution in [3.63, 3.8) is 0 Å². The molecule has 342 valence electrons. The summed E-state index contributed by atoms with van der Waals surface area (Å²) in [6, 6.07) is 5.58. The molecule has 2 aliphatic rings. The fourth-order valence-corrected chi connectivity index (χ4v) is 8.58. The summed E-state index contributed by atoms with van der Waals surface area (Å²) in [4.78, 5) is 18.6. The maximum Gasteiger partial charge on any atom is 0.435 e. The molecule has 0 spiro atoms. The molecule has 4 atom stereocenters. The van der Waals surface area contributed by atoms with Crippen LogP contribution in [0, 0.1) is 29.4 Å². The van der Waals surface area contributed by atoms with E-state index < -0.39 is 114 Å². The molecule has 0 aliphatic heterocycles. The Labute approximate surface area is 363 Å². The number of carbonyl (C=O) groups is 1. The van der Waals surface area contributed by atoms with Crippen molar-refractivity contribution in [2.75, 3.05) is 17.2 Å². The van der Waals surface area contributed by atoms with E-state index in [-0.39, 0.29) is 60.9 Å². The number of sulfone groups is 1. The van der Waals surface area contributed by atoms with Gasteiger partial charge in [0.25, 0.3) is 5.92 Å². The van der Waals surface area contributed by atoms with Crippen LogP contribution in [-0.2, 0) is 55.9 Å². The summed E-state index contributed by atoms with van der Waals surface area (Å²) < 4.78 is 184. The Hall–Kier alpha value is -5.34. The lowest BCUT2D eigenvalue weighted by atomic mass is 9.93. The van der Waals surface area contributed by atoms with Gasteiger partial charge in [0, 0.05) is 50.9 Å². The molecule has 5 aromatic rings. The fraction of sp³-hybridized carbons (Fsp3) is 0.375. The summed E-state index contributed by atoms with van der Waals surface area (Å²) in [6.07, 6.45) is -8.87. The SMILES string of the molecule is C=S(C)(=O)Nc1nn(CC(F)(F)F)c2c(-c3ccc(C#CC(C)(C)S(C)(=O)=O)nc3C(Cc3cc(F)cc(F)c3)NC(=O)Cn3nc(C(F)(F)F)c4c3C(F)(F)[C@@H]3C[C@H]43)ccc(Cl)c12. The molecule has 2 aromatic carbocycles. The monoisotopic (exact) mass is 965 g/mol. The van der Waals surface area contributed by atoms with E-state index in [1.54, 1.807) is 0 Å². The van der Waals surface area contributed by atoms with Gasteiger partial charge in [0.15, 0.2) is 21.3 Å². The number of aromatic nitrogens is 5. The Morgan fingerprint density at radius 2 is 1.62 bits per heavy atom. The highest BCUT2D eigenvalue weighted by Gasteiger charge is 2.68. The first kappa shape index (κ1) is 46.6. The molecule has 0 bridgehead atoms. The Balaban J connectivity index is 1.45. The van der Waals surface area contributed by atoms with Gasteiger partial charge in [-0.1, -0.05) is 23.6 Å². The molecule has 3 heterocycles. The van der Waals surface area contributed by atoms with Crippen molar-refractivity contribution in [2.24, 2.45) is 5.92 Å². The van der Waals surface area contributed by atoms with Crippen molar-refractivity contribution in [1.82, 2.24) is 29.9 Å². The van der Waals surface area contributed by atoms with Crippen LogP contribution in [0.2, 0.25) is 5.02 Å². The highest BCUT2D eigenvalue weighted by Crippen LogP contribution is 2.68. The number of benzene rings is 2. The number of halogens is 11. The Bertz CT molecular complexity index is 3030. The highest BCUT2D eigenvalue weighted by atomic mass is 35.5. The molecule has 2 unspecified atom stereocenters. The van der Waals surface area contributed by atoms with Crippen LogP contribution in [0.3, 0.4) is 0 Å². The molecular weight excluding hydrogens is 932 g/mol. The van der Waals surface area contributed by atoms with Crippen molar-refractivity contribution in [1.29, 1.82) is 0 Å². The summed E-state index contributed by atoms with van der Waals surface area (Å²) in [7, 11) is -7.04. The van der Waals surface area contributed by atoms with Crippen LogP contribution in [0.5, 0.6) is 0 Å². The number of nitrogens with zero attached hydrogens (tertiary/aromatic N) is 5. The predicted molar refractivity (Wildman–Crippen MR) is 218 cm³/mol. The van der Waals surface area contributed by atoms with Crippen LogP contribution in [0.4, 0.5) is 49.7 Å². The van der Waals surface area contributed by atoms with Crippen LogP contribution in [-0.4, -0.2) is 72.4 Å². The van der Waals surface area contributed by atoms with Crippen LogP contribution in [0.15, 0.2) is 42.5 Å². The van der Waals surface area contributed by atoms with Crippen LogP contribution in [0.25, 0.3) is 22.0 Å². The fourth-order valence-electron chi connectivity index (χ4n) is 7.55. The Kier molecular flexibility index (Phi) is 11.4. The normalized spacial score (nSPS) is 18.4. The summed E-state index contributed by atoms with van der Waals surface area (Å²) in [5, 5.41) is 9.49. The average molecular weight is 966 g/mol. The molecule has 0 radical (unpaired) electrons. The molecule has 11 nitrogen and oxygen atoms in total. The van der Waals surface area contributed by atoms with E-state index in [2.05, 4.69) is 42.9 Å². The van der Waals surface area contributed by atoms with Gasteiger partial charge >= 0.3 is 12.4 Å². The molecular formula is C40H34ClF10N7O4S2. The highest BCUT2D eigenvalue weighted by molar-refractivity contribution is 8.00. The zero-order valence-electron chi connectivity index (χ0n) is 33.7. The maximum atomic E-state index is 15.5. The molecule has 3 aromatic heterocycles. The number of carbonyl (C=O) groups excluding carboxylic acids is 1. The quantitative estimate of drug-likeness (QED) is 0.0778. The van der Waals surface area contributed by atoms with Gasteiger partial charge in [-0.3, -0.25) is 18.9 Å². The minimum absolute atomic E-state index is 0.135. The largest absolute Gasteiger partial charge is 0.435 e. The van der Waals surface area contributed by atoms with Crippen LogP contribution in [0.1, 0.15) is 66.1 Å². The van der Waals surface area contributed by atoms with E-state index in [1.807, 2.05) is 0 Å². The summed E-state index contributed by atoms with van der Waals surface area (Å²) >= 11 is 6.54. The zero-order chi connectivity index (χ0) is 47.3. The lowest BCUT2D eigenvalue weighted by molar-refractivity contribution is -0.142. The topological polar surface area (TPSA) is 141 Å². The van der Waals surface area contributed by atoms with Gasteiger partial charge in [0.2, 0.25) is 5.91 Å². The van der Waals surface area contributed by atoms with Gasteiger partial charge in [-0.05, 0) is 80.3 Å². The third-order valence-electron chi connectivity index (χ3n) is 10.6. The standard InChI is InChI=1S/C40H34ClF10N7O4S2/c1-37(2,64(5,61)62)11-10-22-6-7-23(24-8-9-27(41)31-33(24)58(18-38(44,45)46)55-36(31)56-63(3,4)60)32(52-22)28(14-19-12-20(42)15-21(43)13-19)53-29(59)17-57-35-30(34(54-57)40(49,50)51)25-16-26(25)39(35,47)48/h6-9,12-13,15,25-26,28H,3,14,16-18H2,1-2,4-5H3,(H,53,59)(H,55,56,60)/t25-,26+,28?,63?/m0/s1. The molecule has 7 rings (SSSR count). The summed E-state index contributed by atoms with van der Waals surface area (Å²) in [6.45, 7) is -0.406. The lowest BCUT2D eigenvalue weighted by Crippen LogP contribution is -2.35. The van der Waals surface area contributed by atoms with Crippen LogP contribution < -0.4 is 10.0 Å². The summed E-state index contributed by atoms with van der Waals surface area (Å²) in [5.41, 5.74) is -4.75. The van der Waals surface area contributed by atoms with E-state index in [0.29, 0.717) is 10.7 Å². The zero-order valence-corrected chi connectivity index (χ0v) is 36.0. The van der Waals surface area contributed by atoms with Crippen molar-refractivity contribution in [3.8, 4) is 23.0 Å². The van der Waals surface area contributed by atoms with Crippen molar-refractivity contribution in [2.45, 2.75) is 74.8 Å². The Morgan fingerprint density at radius 3 is 2.22 bits per heavy atom. The van der Waals surface area contributed by atoms with Crippen LogP contribution >= 0.6 is 11.6 Å². The number of fused-ring (bicyclic) bond motifs is 4. The van der Waals surface area contributed by atoms with E-state index >= 15 is 8.78 Å². The number of alkyl halides is 8. The molecule has 2 N–H and O–H groups in total. The number of hydrogen-bond donors (Lipinski definition) is 2. The average Bonchev–Trinajstić information content (AvgIpc) is 3.66. The first-order valence-corrected chi connectivity index (χ1v) is 23.2. The number of nitrogens with one attached hydrogen (secondary N) is 2. The van der Waals surface area contributed by atoms with Crippen molar-refractivity contribution < 1.29 is 61.3 Å². The first-order chi connectivity index (χ1) is 29.3. The molecule has 1 amide bonds. The maximum absolute atomic E-state index is 15.5. The second-order valence-corrected chi connectivity index (χ2v) is 21.3. The molecule has 24 heteroatoms. The predicted octanol–water partition coefficient (Wildman–Crippen LogP) is 7.96. The minimum atomic E-state index is -5.17. The third kappa shape index (κ3) is 9.26. The number of rotatable bonds is 11. The van der Waals surface area contributed by atoms with Gasteiger partial charge < -0.3 is 5.32 Å². The van der Waals surface area contributed by atoms with Gasteiger partial charge in [-0.15, -0.1) is 0 Å². The van der Waals surface area contributed by atoms with E-state index in [0.717, 1.165) is 24.6 Å². The minimum Gasteiger partial charge on any atom is -0.346 e. The number of hydrogen-bond acceptors (Lipinski definition) is 7. The van der Waals surface area contributed by atoms with Gasteiger partial charge in [0.1, 0.15) is 40.9 Å². The van der Waals surface area contributed by atoms with E-state index in [4.69, 9.17) is 11.6 Å². The second kappa shape index (κ2) is 15.7. The summed E-state index contributed by atoms with van der Waals surface area (Å²) in [5.74, 6) is -1.55. The molecule has 64 heavy (non-hydrogen) atoms. The van der Waals surface area contributed by atoms with Crippen molar-refractivity contribution in [3.05, 3.63) is 93.0 Å². The molecule has 2 aliphatic carbocycles. The van der Waals surface area contributed by atoms with Gasteiger partial charge in [0.05, 0.1) is 27.7 Å². The van der Waals surface area contributed by atoms with Crippen molar-refractivity contribution >= 4 is 59.6 Å².